The summed E-state index contributed by atoms with van der Waals surface area (Å²) >= 11 is 0. The lowest BCUT2D eigenvalue weighted by atomic mass is 9.82. The second-order valence-electron chi connectivity index (χ2n) is 6.94. The zero-order chi connectivity index (χ0) is 17.4. The van der Waals surface area contributed by atoms with E-state index < -0.39 is 18.9 Å². The average molecular weight is 342 g/mol. The zero-order valence-electron chi connectivity index (χ0n) is 14.6. The fourth-order valence-corrected chi connectivity index (χ4v) is 3.44. The van der Waals surface area contributed by atoms with E-state index in [0.29, 0.717) is 6.42 Å². The molecule has 0 aromatic carbocycles. The molecule has 2 unspecified atom stereocenters. The summed E-state index contributed by atoms with van der Waals surface area (Å²) in [5.41, 5.74) is 2.52. The Balaban J connectivity index is 1.73. The van der Waals surface area contributed by atoms with Crippen molar-refractivity contribution in [3.63, 3.8) is 0 Å². The van der Waals surface area contributed by atoms with Gasteiger partial charge in [0.05, 0.1) is 6.10 Å². The molecule has 2 aliphatic rings. The van der Waals surface area contributed by atoms with Gasteiger partial charge in [-0.15, -0.1) is 0 Å². The molecule has 0 saturated heterocycles. The van der Waals surface area contributed by atoms with Crippen LogP contribution in [0.5, 0.6) is 0 Å². The highest BCUT2D eigenvalue weighted by Gasteiger charge is 2.29. The summed E-state index contributed by atoms with van der Waals surface area (Å²) in [6, 6.07) is 0. The molecule has 0 aromatic heterocycles. The van der Waals surface area contributed by atoms with Gasteiger partial charge in [-0.3, -0.25) is 0 Å². The first-order chi connectivity index (χ1) is 11.5. The highest BCUT2D eigenvalue weighted by Crippen LogP contribution is 2.33. The predicted octanol–water partition coefficient (Wildman–Crippen LogP) is 6.52. The molecule has 0 aliphatic heterocycles. The van der Waals surface area contributed by atoms with Gasteiger partial charge in [-0.05, 0) is 42.7 Å². The van der Waals surface area contributed by atoms with Crippen molar-refractivity contribution in [2.45, 2.75) is 77.0 Å². The predicted molar refractivity (Wildman–Crippen MR) is 91.8 cm³/mol. The Kier molecular flexibility index (Phi) is 7.60. The van der Waals surface area contributed by atoms with Crippen molar-refractivity contribution < 1.29 is 17.9 Å². The van der Waals surface area contributed by atoms with Gasteiger partial charge in [0.25, 0.3) is 0 Å². The summed E-state index contributed by atoms with van der Waals surface area (Å²) < 4.78 is 41.4. The van der Waals surface area contributed by atoms with Crippen LogP contribution in [-0.2, 0) is 4.74 Å². The van der Waals surface area contributed by atoms with Crippen LogP contribution >= 0.6 is 0 Å². The molecule has 136 valence electrons. The Hall–Kier alpha value is -1.03. The molecule has 0 fully saturated rings. The fraction of sp³-hybridized carbons (Fsp3) is 0.700. The van der Waals surface area contributed by atoms with Gasteiger partial charge in [0.1, 0.15) is 6.61 Å². The highest BCUT2D eigenvalue weighted by atomic mass is 19.4. The smallest absolute Gasteiger partial charge is 0.364 e. The van der Waals surface area contributed by atoms with Crippen molar-refractivity contribution >= 4 is 0 Å². The lowest BCUT2D eigenvalue weighted by molar-refractivity contribution is -0.180. The number of rotatable bonds is 8. The number of allylic oxidation sites excluding steroid dienone is 4. The maximum absolute atomic E-state index is 12.2. The third kappa shape index (κ3) is 6.84. The van der Waals surface area contributed by atoms with Crippen LogP contribution in [-0.4, -0.2) is 18.9 Å². The fourth-order valence-electron chi connectivity index (χ4n) is 3.44. The lowest BCUT2D eigenvalue weighted by Crippen LogP contribution is -2.22. The van der Waals surface area contributed by atoms with Crippen LogP contribution in [0.1, 0.15) is 64.7 Å². The van der Waals surface area contributed by atoms with Crippen molar-refractivity contribution in [1.82, 2.24) is 0 Å². The molecule has 24 heavy (non-hydrogen) atoms. The molecular formula is C20H29F3O. The van der Waals surface area contributed by atoms with Crippen LogP contribution in [0.15, 0.2) is 35.5 Å². The highest BCUT2D eigenvalue weighted by molar-refractivity contribution is 5.42. The van der Waals surface area contributed by atoms with Crippen LogP contribution < -0.4 is 0 Å². The number of halogens is 3. The van der Waals surface area contributed by atoms with E-state index in [1.54, 1.807) is 6.08 Å². The van der Waals surface area contributed by atoms with E-state index in [-0.39, 0.29) is 0 Å². The van der Waals surface area contributed by atoms with Gasteiger partial charge in [-0.2, -0.15) is 13.2 Å². The largest absolute Gasteiger partial charge is 0.411 e. The number of ether oxygens (including phenoxy) is 1. The number of hydrogen-bond acceptors (Lipinski definition) is 1. The van der Waals surface area contributed by atoms with Gasteiger partial charge in [0.15, 0.2) is 0 Å². The van der Waals surface area contributed by atoms with Gasteiger partial charge in [-0.1, -0.05) is 63.3 Å². The molecule has 2 atom stereocenters. The Morgan fingerprint density at radius 1 is 1.12 bits per heavy atom. The molecule has 0 spiro atoms. The van der Waals surface area contributed by atoms with E-state index in [9.17, 15) is 13.2 Å². The minimum Gasteiger partial charge on any atom is -0.364 e. The van der Waals surface area contributed by atoms with Gasteiger partial charge in [-0.25, -0.2) is 0 Å². The number of hydrogen-bond donors (Lipinski definition) is 0. The summed E-state index contributed by atoms with van der Waals surface area (Å²) in [5.74, 6) is 0.807. The third-order valence-corrected chi connectivity index (χ3v) is 4.88. The van der Waals surface area contributed by atoms with Crippen molar-refractivity contribution in [3.8, 4) is 0 Å². The van der Waals surface area contributed by atoms with Crippen LogP contribution in [0.2, 0.25) is 0 Å². The molecule has 2 rings (SSSR count). The van der Waals surface area contributed by atoms with E-state index >= 15 is 0 Å². The minimum absolute atomic E-state index is 0.453. The molecule has 0 N–H and O–H groups in total. The first-order valence-corrected chi connectivity index (χ1v) is 9.24. The summed E-state index contributed by atoms with van der Waals surface area (Å²) in [7, 11) is 0. The second kappa shape index (κ2) is 9.45. The summed E-state index contributed by atoms with van der Waals surface area (Å²) in [6.45, 7) is 1.06. The molecule has 0 heterocycles. The quantitative estimate of drug-likeness (QED) is 0.456. The van der Waals surface area contributed by atoms with Crippen LogP contribution in [0.3, 0.4) is 0 Å². The molecular weight excluding hydrogens is 313 g/mol. The molecule has 0 radical (unpaired) electrons. The maximum atomic E-state index is 12.2. The summed E-state index contributed by atoms with van der Waals surface area (Å²) in [5, 5.41) is 0. The average Bonchev–Trinajstić information content (AvgIpc) is 2.57. The van der Waals surface area contributed by atoms with E-state index in [2.05, 4.69) is 13.0 Å². The normalized spacial score (nSPS) is 24.7. The molecule has 1 nitrogen and oxygen atoms in total. The van der Waals surface area contributed by atoms with Crippen molar-refractivity contribution in [3.05, 3.63) is 35.5 Å². The number of alkyl halides is 3. The minimum atomic E-state index is -4.25. The zero-order valence-corrected chi connectivity index (χ0v) is 14.6. The lowest BCUT2D eigenvalue weighted by Gasteiger charge is -2.24. The monoisotopic (exact) mass is 342 g/mol. The summed E-state index contributed by atoms with van der Waals surface area (Å²) in [4.78, 5) is 0. The Labute approximate surface area is 143 Å². The first kappa shape index (κ1) is 19.3. The molecule has 0 saturated carbocycles. The molecule has 0 bridgehead atoms. The maximum Gasteiger partial charge on any atom is 0.411 e. The topological polar surface area (TPSA) is 9.23 Å². The van der Waals surface area contributed by atoms with E-state index in [0.717, 1.165) is 18.8 Å². The third-order valence-electron chi connectivity index (χ3n) is 4.88. The molecule has 4 heteroatoms. The molecule has 0 amide bonds. The van der Waals surface area contributed by atoms with E-state index in [1.165, 1.54) is 49.7 Å². The second-order valence-corrected chi connectivity index (χ2v) is 6.94. The molecule has 0 aromatic rings. The van der Waals surface area contributed by atoms with Crippen molar-refractivity contribution in [1.29, 1.82) is 0 Å². The Morgan fingerprint density at radius 2 is 1.96 bits per heavy atom. The molecule has 2 aliphatic carbocycles. The van der Waals surface area contributed by atoms with Crippen LogP contribution in [0.25, 0.3) is 0 Å². The van der Waals surface area contributed by atoms with E-state index in [4.69, 9.17) is 4.74 Å². The van der Waals surface area contributed by atoms with Gasteiger partial charge in [0.2, 0.25) is 0 Å². The van der Waals surface area contributed by atoms with E-state index in [1.807, 2.05) is 12.2 Å². The Morgan fingerprint density at radius 3 is 2.54 bits per heavy atom. The van der Waals surface area contributed by atoms with Crippen molar-refractivity contribution in [2.75, 3.05) is 6.61 Å². The Bertz CT molecular complexity index is 474. The van der Waals surface area contributed by atoms with Crippen molar-refractivity contribution in [2.24, 2.45) is 5.92 Å². The summed E-state index contributed by atoms with van der Waals surface area (Å²) in [6.07, 6.45) is 13.9. The number of unbranched alkanes of at least 4 members (excludes halogenated alkanes) is 3. The van der Waals surface area contributed by atoms with Gasteiger partial charge >= 0.3 is 6.18 Å². The van der Waals surface area contributed by atoms with Crippen LogP contribution in [0, 0.1) is 5.92 Å². The SMILES string of the molecule is CCCCCCC1CC=C(C2=CCC(OCC(F)(F)F)C=C2)CC1. The standard InChI is InChI=1S/C20H29F3O/c1-2-3-4-5-6-16-7-9-17(10-8-16)18-11-13-19(14-12-18)24-15-20(21,22)23/h9,11-13,16,19H,2-8,10,14-15H2,1H3. The van der Waals surface area contributed by atoms with Crippen LogP contribution in [0.4, 0.5) is 13.2 Å². The first-order valence-electron chi connectivity index (χ1n) is 9.24. The van der Waals surface area contributed by atoms with Gasteiger partial charge < -0.3 is 4.74 Å². The van der Waals surface area contributed by atoms with Gasteiger partial charge in [0, 0.05) is 0 Å².